The molecule has 0 radical (unpaired) electrons. The minimum absolute atomic E-state index is 0.116. The molecule has 0 bridgehead atoms. The molecule has 1 heterocycles. The van der Waals surface area contributed by atoms with Gasteiger partial charge in [0, 0.05) is 19.3 Å². The smallest absolute Gasteiger partial charge is 0.243 e. The molecule has 3 rings (SSSR count). The third-order valence-corrected chi connectivity index (χ3v) is 6.19. The van der Waals surface area contributed by atoms with Crippen LogP contribution in [-0.4, -0.2) is 32.8 Å². The Bertz CT molecular complexity index is 924. The van der Waals surface area contributed by atoms with E-state index < -0.39 is 10.0 Å². The number of rotatable bonds is 5. The lowest BCUT2D eigenvalue weighted by Gasteiger charge is -2.18. The lowest BCUT2D eigenvalue weighted by molar-refractivity contribution is -0.116. The van der Waals surface area contributed by atoms with Gasteiger partial charge in [-0.1, -0.05) is 12.1 Å². The maximum atomic E-state index is 12.9. The van der Waals surface area contributed by atoms with E-state index in [1.165, 1.54) is 17.4 Å². The zero-order valence-electron chi connectivity index (χ0n) is 14.3. The van der Waals surface area contributed by atoms with Crippen LogP contribution in [0, 0.1) is 0 Å². The number of ether oxygens (including phenoxy) is 1. The molecule has 132 valence electrons. The summed E-state index contributed by atoms with van der Waals surface area (Å²) in [5.74, 6) is 0.211. The number of hydrogen-bond donors (Lipinski definition) is 1. The number of sulfonamides is 1. The summed E-state index contributed by atoms with van der Waals surface area (Å²) < 4.78 is 32.2. The maximum absolute atomic E-state index is 12.9. The SMILES string of the molecule is COc1cccc(CN(C)S(=O)(=O)c2ccc3c(c2)[C@H](C)C(=O)N3)c1. The Morgan fingerprint density at radius 1 is 1.20 bits per heavy atom. The van der Waals surface area contributed by atoms with E-state index in [4.69, 9.17) is 4.74 Å². The Kier molecular flexibility index (Phi) is 4.53. The summed E-state index contributed by atoms with van der Waals surface area (Å²) in [5, 5.41) is 2.75. The average molecular weight is 360 g/mol. The third kappa shape index (κ3) is 3.25. The van der Waals surface area contributed by atoms with Crippen molar-refractivity contribution in [2.24, 2.45) is 0 Å². The molecule has 0 fully saturated rings. The van der Waals surface area contributed by atoms with E-state index >= 15 is 0 Å². The van der Waals surface area contributed by atoms with Crippen molar-refractivity contribution in [3.8, 4) is 5.75 Å². The number of amides is 1. The minimum atomic E-state index is -3.67. The van der Waals surface area contributed by atoms with Crippen LogP contribution >= 0.6 is 0 Å². The second-order valence-electron chi connectivity index (χ2n) is 6.07. The molecule has 0 saturated carbocycles. The molecule has 1 aliphatic heterocycles. The number of carbonyl (C=O) groups excluding carboxylic acids is 1. The summed E-state index contributed by atoms with van der Waals surface area (Å²) in [5.41, 5.74) is 2.21. The fourth-order valence-electron chi connectivity index (χ4n) is 2.85. The number of nitrogens with one attached hydrogen (secondary N) is 1. The van der Waals surface area contributed by atoms with Crippen LogP contribution in [0.5, 0.6) is 5.75 Å². The van der Waals surface area contributed by atoms with Crippen molar-refractivity contribution in [1.82, 2.24) is 4.31 Å². The van der Waals surface area contributed by atoms with Gasteiger partial charge in [-0.25, -0.2) is 8.42 Å². The molecular formula is C18H20N2O4S. The van der Waals surface area contributed by atoms with Crippen LogP contribution in [0.4, 0.5) is 5.69 Å². The number of fused-ring (bicyclic) bond motifs is 1. The van der Waals surface area contributed by atoms with Gasteiger partial charge in [0.1, 0.15) is 5.75 Å². The highest BCUT2D eigenvalue weighted by atomic mass is 32.2. The zero-order valence-corrected chi connectivity index (χ0v) is 15.1. The molecule has 0 aromatic heterocycles. The van der Waals surface area contributed by atoms with Gasteiger partial charge >= 0.3 is 0 Å². The standard InChI is InChI=1S/C18H20N2O4S/c1-12-16-10-15(7-8-17(16)19-18(12)21)25(22,23)20(2)11-13-5-4-6-14(9-13)24-3/h4-10,12H,11H2,1-3H3,(H,19,21)/t12-/m0/s1. The fourth-order valence-corrected chi connectivity index (χ4v) is 4.04. The van der Waals surface area contributed by atoms with Crippen molar-refractivity contribution < 1.29 is 17.9 Å². The van der Waals surface area contributed by atoms with E-state index in [9.17, 15) is 13.2 Å². The summed E-state index contributed by atoms with van der Waals surface area (Å²) in [6.45, 7) is 1.99. The summed E-state index contributed by atoms with van der Waals surface area (Å²) in [7, 11) is -0.559. The van der Waals surface area contributed by atoms with Gasteiger partial charge in [0.2, 0.25) is 15.9 Å². The largest absolute Gasteiger partial charge is 0.497 e. The molecule has 0 spiro atoms. The summed E-state index contributed by atoms with van der Waals surface area (Å²) in [6.07, 6.45) is 0. The van der Waals surface area contributed by atoms with Crippen LogP contribution in [0.3, 0.4) is 0 Å². The molecule has 0 aliphatic carbocycles. The van der Waals surface area contributed by atoms with Gasteiger partial charge in [-0.05, 0) is 48.4 Å². The molecule has 25 heavy (non-hydrogen) atoms. The summed E-state index contributed by atoms with van der Waals surface area (Å²) in [6, 6.07) is 12.0. The summed E-state index contributed by atoms with van der Waals surface area (Å²) in [4.78, 5) is 11.9. The predicted octanol–water partition coefficient (Wildman–Crippen LogP) is 2.57. The Balaban J connectivity index is 1.87. The monoisotopic (exact) mass is 360 g/mol. The first-order chi connectivity index (χ1) is 11.8. The van der Waals surface area contributed by atoms with Gasteiger partial charge in [0.15, 0.2) is 0 Å². The van der Waals surface area contributed by atoms with Crippen molar-refractivity contribution in [3.63, 3.8) is 0 Å². The highest BCUT2D eigenvalue weighted by Gasteiger charge is 2.29. The van der Waals surface area contributed by atoms with Gasteiger partial charge in [0.25, 0.3) is 0 Å². The van der Waals surface area contributed by atoms with E-state index in [1.54, 1.807) is 32.2 Å². The molecule has 1 N–H and O–H groups in total. The first-order valence-electron chi connectivity index (χ1n) is 7.87. The van der Waals surface area contributed by atoms with Crippen LogP contribution in [-0.2, 0) is 21.4 Å². The Labute approximate surface area is 147 Å². The van der Waals surface area contributed by atoms with Crippen LogP contribution in [0.25, 0.3) is 0 Å². The van der Waals surface area contributed by atoms with Crippen LogP contribution in [0.2, 0.25) is 0 Å². The van der Waals surface area contributed by atoms with E-state index in [2.05, 4.69) is 5.32 Å². The average Bonchev–Trinajstić information content (AvgIpc) is 2.89. The Morgan fingerprint density at radius 3 is 2.68 bits per heavy atom. The van der Waals surface area contributed by atoms with E-state index in [-0.39, 0.29) is 23.3 Å². The number of hydrogen-bond acceptors (Lipinski definition) is 4. The number of nitrogens with zero attached hydrogens (tertiary/aromatic N) is 1. The van der Waals surface area contributed by atoms with E-state index in [0.29, 0.717) is 17.0 Å². The molecule has 7 heteroatoms. The van der Waals surface area contributed by atoms with Crippen LogP contribution < -0.4 is 10.1 Å². The third-order valence-electron chi connectivity index (χ3n) is 4.39. The molecule has 0 unspecified atom stereocenters. The van der Waals surface area contributed by atoms with Crippen molar-refractivity contribution in [2.45, 2.75) is 24.3 Å². The zero-order chi connectivity index (χ0) is 18.2. The second kappa shape index (κ2) is 6.50. The fraction of sp³-hybridized carbons (Fsp3) is 0.278. The summed E-state index contributed by atoms with van der Waals surface area (Å²) >= 11 is 0. The first kappa shape index (κ1) is 17.4. The van der Waals surface area contributed by atoms with E-state index in [0.717, 1.165) is 5.56 Å². The minimum Gasteiger partial charge on any atom is -0.497 e. The highest BCUT2D eigenvalue weighted by Crippen LogP contribution is 2.34. The van der Waals surface area contributed by atoms with Crippen molar-refractivity contribution in [2.75, 3.05) is 19.5 Å². The Morgan fingerprint density at radius 2 is 1.96 bits per heavy atom. The normalized spacial score (nSPS) is 16.6. The number of benzene rings is 2. The van der Waals surface area contributed by atoms with Gasteiger partial charge in [-0.15, -0.1) is 0 Å². The van der Waals surface area contributed by atoms with Gasteiger partial charge < -0.3 is 10.1 Å². The molecule has 1 amide bonds. The van der Waals surface area contributed by atoms with Crippen molar-refractivity contribution >= 4 is 21.6 Å². The second-order valence-corrected chi connectivity index (χ2v) is 8.12. The lowest BCUT2D eigenvalue weighted by Crippen LogP contribution is -2.26. The van der Waals surface area contributed by atoms with Crippen LogP contribution in [0.15, 0.2) is 47.4 Å². The number of anilines is 1. The highest BCUT2D eigenvalue weighted by molar-refractivity contribution is 7.89. The maximum Gasteiger partial charge on any atom is 0.243 e. The van der Waals surface area contributed by atoms with Gasteiger partial charge in [-0.3, -0.25) is 4.79 Å². The topological polar surface area (TPSA) is 75.7 Å². The molecule has 2 aromatic rings. The predicted molar refractivity (Wildman–Crippen MR) is 95.1 cm³/mol. The molecule has 1 atom stereocenters. The van der Waals surface area contributed by atoms with Gasteiger partial charge in [0.05, 0.1) is 17.9 Å². The molecule has 1 aliphatic rings. The van der Waals surface area contributed by atoms with Crippen molar-refractivity contribution in [1.29, 1.82) is 0 Å². The van der Waals surface area contributed by atoms with Crippen LogP contribution in [0.1, 0.15) is 24.0 Å². The lowest BCUT2D eigenvalue weighted by atomic mass is 10.0. The number of carbonyl (C=O) groups is 1. The molecule has 0 saturated heterocycles. The van der Waals surface area contributed by atoms with Crippen molar-refractivity contribution in [3.05, 3.63) is 53.6 Å². The number of methoxy groups -OCH3 is 1. The molecule has 2 aromatic carbocycles. The van der Waals surface area contributed by atoms with E-state index in [1.807, 2.05) is 18.2 Å². The first-order valence-corrected chi connectivity index (χ1v) is 9.31. The molecular weight excluding hydrogens is 340 g/mol. The Hall–Kier alpha value is -2.38. The molecule has 6 nitrogen and oxygen atoms in total. The quantitative estimate of drug-likeness (QED) is 0.889. The van der Waals surface area contributed by atoms with Gasteiger partial charge in [-0.2, -0.15) is 4.31 Å².